The molecule has 138 valence electrons. The van der Waals surface area contributed by atoms with E-state index in [2.05, 4.69) is 4.40 Å². The summed E-state index contributed by atoms with van der Waals surface area (Å²) >= 11 is 1.57. The molecule has 0 atom stereocenters. The normalized spacial score (nSPS) is 11.5. The van der Waals surface area contributed by atoms with Crippen LogP contribution < -0.4 is 4.74 Å². The lowest BCUT2D eigenvalue weighted by molar-refractivity contribution is 0.325. The second kappa shape index (κ2) is 7.13. The van der Waals surface area contributed by atoms with Crippen molar-refractivity contribution < 1.29 is 9.13 Å². The standard InChI is InChI=1S/C22H16FN3OS/c23-16-8-2-6-12-20(16)27-13-14-28-22-25-17-9-3-1-7-15(17)21-24-18-10-4-5-11-19(18)26(21)22/h1-12H,13-14H2. The molecule has 0 aliphatic rings. The van der Waals surface area contributed by atoms with Crippen LogP contribution in [0.25, 0.3) is 27.6 Å². The molecule has 0 spiro atoms. The monoisotopic (exact) mass is 389 g/mol. The Bertz CT molecular complexity index is 1300. The molecule has 0 fully saturated rings. The van der Waals surface area contributed by atoms with Crippen LogP contribution in [0.1, 0.15) is 0 Å². The number of hydrogen-bond acceptors (Lipinski definition) is 4. The van der Waals surface area contributed by atoms with Gasteiger partial charge in [-0.25, -0.2) is 14.4 Å². The third-order valence-electron chi connectivity index (χ3n) is 4.52. The van der Waals surface area contributed by atoms with Crippen LogP contribution in [0.15, 0.2) is 78.0 Å². The summed E-state index contributed by atoms with van der Waals surface area (Å²) in [5, 5.41) is 1.87. The van der Waals surface area contributed by atoms with Crippen molar-refractivity contribution in [2.45, 2.75) is 5.16 Å². The number of fused-ring (bicyclic) bond motifs is 5. The Morgan fingerprint density at radius 2 is 1.61 bits per heavy atom. The van der Waals surface area contributed by atoms with E-state index in [9.17, 15) is 4.39 Å². The van der Waals surface area contributed by atoms with Crippen LogP contribution >= 0.6 is 11.8 Å². The molecule has 4 nitrogen and oxygen atoms in total. The molecule has 5 rings (SSSR count). The molecule has 0 amide bonds. The fourth-order valence-electron chi connectivity index (χ4n) is 3.26. The van der Waals surface area contributed by atoms with E-state index in [1.54, 1.807) is 30.0 Å². The first kappa shape index (κ1) is 17.0. The van der Waals surface area contributed by atoms with E-state index in [1.807, 2.05) is 48.5 Å². The van der Waals surface area contributed by atoms with Crippen molar-refractivity contribution in [2.75, 3.05) is 12.4 Å². The molecule has 6 heteroatoms. The van der Waals surface area contributed by atoms with E-state index in [4.69, 9.17) is 14.7 Å². The Kier molecular flexibility index (Phi) is 4.33. The number of benzene rings is 3. The van der Waals surface area contributed by atoms with Crippen LogP contribution in [0.4, 0.5) is 4.39 Å². The first-order chi connectivity index (χ1) is 13.8. The van der Waals surface area contributed by atoms with Gasteiger partial charge in [0.1, 0.15) is 5.65 Å². The molecular formula is C22H16FN3OS. The molecule has 2 heterocycles. The summed E-state index contributed by atoms with van der Waals surface area (Å²) in [5.41, 5.74) is 3.76. The summed E-state index contributed by atoms with van der Waals surface area (Å²) in [6, 6.07) is 22.5. The maximum absolute atomic E-state index is 13.7. The number of rotatable bonds is 5. The maximum Gasteiger partial charge on any atom is 0.174 e. The van der Waals surface area contributed by atoms with E-state index in [1.165, 1.54) is 6.07 Å². The van der Waals surface area contributed by atoms with Crippen LogP contribution in [-0.4, -0.2) is 26.7 Å². The lowest BCUT2D eigenvalue weighted by atomic mass is 10.2. The van der Waals surface area contributed by atoms with E-state index in [-0.39, 0.29) is 11.6 Å². The van der Waals surface area contributed by atoms with Gasteiger partial charge < -0.3 is 4.74 Å². The Balaban J connectivity index is 1.50. The number of imidazole rings is 1. The fraction of sp³-hybridized carbons (Fsp3) is 0.0909. The Labute approximate surface area is 165 Å². The second-order valence-electron chi connectivity index (χ2n) is 6.30. The van der Waals surface area contributed by atoms with E-state index in [0.717, 1.165) is 32.7 Å². The van der Waals surface area contributed by atoms with Crippen molar-refractivity contribution in [1.29, 1.82) is 0 Å². The first-order valence-electron chi connectivity index (χ1n) is 8.97. The van der Waals surface area contributed by atoms with Gasteiger partial charge in [0.15, 0.2) is 16.7 Å². The van der Waals surface area contributed by atoms with Crippen LogP contribution in [0.2, 0.25) is 0 Å². The van der Waals surface area contributed by atoms with Gasteiger partial charge >= 0.3 is 0 Å². The quantitative estimate of drug-likeness (QED) is 0.231. The van der Waals surface area contributed by atoms with Crippen LogP contribution in [0.3, 0.4) is 0 Å². The van der Waals surface area contributed by atoms with Crippen molar-refractivity contribution in [3.05, 3.63) is 78.6 Å². The summed E-state index contributed by atoms with van der Waals surface area (Å²) in [4.78, 5) is 9.66. The van der Waals surface area contributed by atoms with E-state index < -0.39 is 0 Å². The Morgan fingerprint density at radius 3 is 2.50 bits per heavy atom. The zero-order chi connectivity index (χ0) is 18.9. The topological polar surface area (TPSA) is 39.4 Å². The average molecular weight is 389 g/mol. The molecule has 0 aliphatic carbocycles. The molecule has 0 aliphatic heterocycles. The molecule has 28 heavy (non-hydrogen) atoms. The molecule has 0 saturated carbocycles. The van der Waals surface area contributed by atoms with E-state index in [0.29, 0.717) is 12.4 Å². The number of thioether (sulfide) groups is 1. The van der Waals surface area contributed by atoms with Crippen molar-refractivity contribution in [1.82, 2.24) is 14.4 Å². The summed E-state index contributed by atoms with van der Waals surface area (Å²) < 4.78 is 21.4. The third kappa shape index (κ3) is 2.96. The molecule has 0 unspecified atom stereocenters. The molecule has 0 radical (unpaired) electrons. The van der Waals surface area contributed by atoms with Gasteiger partial charge in [-0.05, 0) is 36.4 Å². The Hall–Kier alpha value is -3.12. The number of para-hydroxylation sites is 4. The summed E-state index contributed by atoms with van der Waals surface area (Å²) in [6.07, 6.45) is 0. The highest BCUT2D eigenvalue weighted by Gasteiger charge is 2.14. The van der Waals surface area contributed by atoms with Gasteiger partial charge in [0.2, 0.25) is 0 Å². The van der Waals surface area contributed by atoms with Gasteiger partial charge in [0.25, 0.3) is 0 Å². The molecule has 0 saturated heterocycles. The van der Waals surface area contributed by atoms with Gasteiger partial charge in [-0.15, -0.1) is 0 Å². The highest BCUT2D eigenvalue weighted by atomic mass is 32.2. The van der Waals surface area contributed by atoms with Crippen molar-refractivity contribution in [2.24, 2.45) is 0 Å². The minimum Gasteiger partial charge on any atom is -0.490 e. The van der Waals surface area contributed by atoms with Crippen molar-refractivity contribution in [3.8, 4) is 5.75 Å². The van der Waals surface area contributed by atoms with Crippen molar-refractivity contribution in [3.63, 3.8) is 0 Å². The predicted octanol–water partition coefficient (Wildman–Crippen LogP) is 5.35. The number of halogens is 1. The average Bonchev–Trinajstić information content (AvgIpc) is 3.12. The minimum absolute atomic E-state index is 0.271. The van der Waals surface area contributed by atoms with Crippen LogP contribution in [0.5, 0.6) is 5.75 Å². The Morgan fingerprint density at radius 1 is 0.857 bits per heavy atom. The minimum atomic E-state index is -0.348. The molecule has 0 bridgehead atoms. The van der Waals surface area contributed by atoms with Gasteiger partial charge in [-0.1, -0.05) is 48.2 Å². The van der Waals surface area contributed by atoms with Crippen LogP contribution in [0, 0.1) is 5.82 Å². The third-order valence-corrected chi connectivity index (χ3v) is 5.42. The lowest BCUT2D eigenvalue weighted by Gasteiger charge is -2.09. The van der Waals surface area contributed by atoms with Gasteiger partial charge in [0, 0.05) is 11.1 Å². The smallest absolute Gasteiger partial charge is 0.174 e. The fourth-order valence-corrected chi connectivity index (χ4v) is 4.08. The zero-order valence-corrected chi connectivity index (χ0v) is 15.7. The number of aromatic nitrogens is 3. The SMILES string of the molecule is Fc1ccccc1OCCSc1nc2ccccc2c2nc3ccccc3n12. The van der Waals surface area contributed by atoms with Gasteiger partial charge in [0.05, 0.1) is 23.2 Å². The van der Waals surface area contributed by atoms with Crippen molar-refractivity contribution >= 4 is 39.3 Å². The second-order valence-corrected chi connectivity index (χ2v) is 7.36. The molecule has 3 aromatic carbocycles. The zero-order valence-electron chi connectivity index (χ0n) is 14.9. The molecule has 2 aromatic heterocycles. The molecule has 5 aromatic rings. The number of ether oxygens (including phenoxy) is 1. The number of nitrogens with zero attached hydrogens (tertiary/aromatic N) is 3. The highest BCUT2D eigenvalue weighted by Crippen LogP contribution is 2.29. The number of hydrogen-bond donors (Lipinski definition) is 0. The first-order valence-corrected chi connectivity index (χ1v) is 9.96. The summed E-state index contributed by atoms with van der Waals surface area (Å²) in [5.74, 6) is 0.563. The maximum atomic E-state index is 13.7. The largest absolute Gasteiger partial charge is 0.490 e. The molecule has 0 N–H and O–H groups in total. The summed E-state index contributed by atoms with van der Waals surface area (Å²) in [7, 11) is 0. The molecular weight excluding hydrogens is 373 g/mol. The predicted molar refractivity (Wildman–Crippen MR) is 111 cm³/mol. The summed E-state index contributed by atoms with van der Waals surface area (Å²) in [6.45, 7) is 0.383. The van der Waals surface area contributed by atoms with Gasteiger partial charge in [-0.2, -0.15) is 0 Å². The van der Waals surface area contributed by atoms with E-state index >= 15 is 0 Å². The van der Waals surface area contributed by atoms with Gasteiger partial charge in [-0.3, -0.25) is 4.40 Å². The van der Waals surface area contributed by atoms with Crippen LogP contribution in [-0.2, 0) is 0 Å². The highest BCUT2D eigenvalue weighted by molar-refractivity contribution is 7.99. The lowest BCUT2D eigenvalue weighted by Crippen LogP contribution is -2.04.